The third-order valence-corrected chi connectivity index (χ3v) is 5.04. The molecule has 140 valence electrons. The lowest BCUT2D eigenvalue weighted by Crippen LogP contribution is -2.50. The number of benzene rings is 1. The summed E-state index contributed by atoms with van der Waals surface area (Å²) in [6, 6.07) is 7.56. The minimum Gasteiger partial charge on any atom is -0.350 e. The summed E-state index contributed by atoms with van der Waals surface area (Å²) in [6.45, 7) is 3.77. The van der Waals surface area contributed by atoms with E-state index in [1.807, 2.05) is 12.1 Å². The van der Waals surface area contributed by atoms with Gasteiger partial charge in [-0.1, -0.05) is 18.2 Å². The summed E-state index contributed by atoms with van der Waals surface area (Å²) in [4.78, 5) is 18.7. The Hall–Kier alpha value is -2.21. The molecular formula is C20H27FN4O. The second kappa shape index (κ2) is 8.45. The second-order valence-electron chi connectivity index (χ2n) is 7.15. The first kappa shape index (κ1) is 18.6. The molecule has 1 fully saturated rings. The highest BCUT2D eigenvalue weighted by Crippen LogP contribution is 2.16. The molecule has 0 radical (unpaired) electrons. The summed E-state index contributed by atoms with van der Waals surface area (Å²) >= 11 is 0. The van der Waals surface area contributed by atoms with Crippen molar-refractivity contribution in [3.05, 3.63) is 58.4 Å². The fraction of sp³-hybridized carbons (Fsp3) is 0.500. The van der Waals surface area contributed by atoms with Crippen LogP contribution in [-0.4, -0.2) is 34.7 Å². The van der Waals surface area contributed by atoms with Gasteiger partial charge in [0.25, 0.3) is 5.56 Å². The van der Waals surface area contributed by atoms with Crippen molar-refractivity contribution >= 4 is 5.82 Å². The van der Waals surface area contributed by atoms with Crippen LogP contribution in [0.2, 0.25) is 0 Å². The van der Waals surface area contributed by atoms with Gasteiger partial charge in [0.15, 0.2) is 5.82 Å². The molecule has 0 saturated carbocycles. The fourth-order valence-corrected chi connectivity index (χ4v) is 3.57. The van der Waals surface area contributed by atoms with Crippen LogP contribution >= 0.6 is 0 Å². The van der Waals surface area contributed by atoms with Crippen LogP contribution < -0.4 is 15.8 Å². The monoisotopic (exact) mass is 358 g/mol. The summed E-state index contributed by atoms with van der Waals surface area (Å²) in [7, 11) is 1.75. The van der Waals surface area contributed by atoms with Crippen molar-refractivity contribution in [1.82, 2.24) is 14.9 Å². The van der Waals surface area contributed by atoms with Crippen LogP contribution in [0.1, 0.15) is 31.7 Å². The lowest BCUT2D eigenvalue weighted by Gasteiger charge is -2.35. The maximum absolute atomic E-state index is 13.7. The van der Waals surface area contributed by atoms with Crippen molar-refractivity contribution in [3.8, 4) is 0 Å². The Labute approximate surface area is 153 Å². The summed E-state index contributed by atoms with van der Waals surface area (Å²) in [5.74, 6) is 0.398. The molecule has 1 aliphatic heterocycles. The third-order valence-electron chi connectivity index (χ3n) is 5.04. The summed E-state index contributed by atoms with van der Waals surface area (Å²) < 4.78 is 15.3. The minimum absolute atomic E-state index is 0.0549. The smallest absolute Gasteiger partial charge is 0.293 e. The van der Waals surface area contributed by atoms with E-state index in [1.54, 1.807) is 30.1 Å². The standard InChI is InChI=1S/C20H27FN4O/c1-15(9-10-16-6-3-4-8-18(16)21)23-17-7-5-12-25(14-17)19-20(26)24(2)13-11-22-19/h3-4,6,8,11,13,15,17,23H,5,7,9-10,12,14H2,1-2H3/t15-,17+/m0/s1. The van der Waals surface area contributed by atoms with Crippen molar-refractivity contribution in [2.24, 2.45) is 7.05 Å². The highest BCUT2D eigenvalue weighted by atomic mass is 19.1. The minimum atomic E-state index is -0.130. The average Bonchev–Trinajstić information content (AvgIpc) is 2.63. The molecule has 0 bridgehead atoms. The van der Waals surface area contributed by atoms with E-state index in [9.17, 15) is 9.18 Å². The normalized spacial score (nSPS) is 18.7. The van der Waals surface area contributed by atoms with Crippen LogP contribution in [0, 0.1) is 5.82 Å². The van der Waals surface area contributed by atoms with E-state index in [0.717, 1.165) is 44.3 Å². The number of hydrogen-bond acceptors (Lipinski definition) is 4. The third kappa shape index (κ3) is 4.49. The van der Waals surface area contributed by atoms with Crippen molar-refractivity contribution < 1.29 is 4.39 Å². The van der Waals surface area contributed by atoms with Gasteiger partial charge in [0.2, 0.25) is 0 Å². The molecule has 1 aromatic carbocycles. The first-order valence-corrected chi connectivity index (χ1v) is 9.30. The lowest BCUT2D eigenvalue weighted by molar-refractivity contribution is 0.371. The SMILES string of the molecule is C[C@@H](CCc1ccccc1F)N[C@@H]1CCCN(c2nccn(C)c2=O)C1. The molecule has 2 aromatic rings. The predicted molar refractivity (Wildman–Crippen MR) is 102 cm³/mol. The predicted octanol–water partition coefficient (Wildman–Crippen LogP) is 2.50. The molecule has 1 N–H and O–H groups in total. The first-order chi connectivity index (χ1) is 12.5. The van der Waals surface area contributed by atoms with Gasteiger partial charge in [0.1, 0.15) is 5.82 Å². The molecule has 6 heteroatoms. The number of nitrogens with one attached hydrogen (secondary N) is 1. The quantitative estimate of drug-likeness (QED) is 0.862. The molecule has 2 heterocycles. The molecular weight excluding hydrogens is 331 g/mol. The summed E-state index contributed by atoms with van der Waals surface area (Å²) in [6.07, 6.45) is 7.05. The Morgan fingerprint density at radius 1 is 1.38 bits per heavy atom. The van der Waals surface area contributed by atoms with Gasteiger partial charge in [-0.3, -0.25) is 4.79 Å². The summed E-state index contributed by atoms with van der Waals surface area (Å²) in [5, 5.41) is 3.64. The van der Waals surface area contributed by atoms with Crippen LogP contribution in [0.3, 0.4) is 0 Å². The molecule has 0 unspecified atom stereocenters. The summed E-state index contributed by atoms with van der Waals surface area (Å²) in [5.41, 5.74) is 0.712. The molecule has 0 amide bonds. The van der Waals surface area contributed by atoms with E-state index in [1.165, 1.54) is 6.07 Å². The lowest BCUT2D eigenvalue weighted by atomic mass is 10.0. The number of aryl methyl sites for hydroxylation is 2. The van der Waals surface area contributed by atoms with Gasteiger partial charge >= 0.3 is 0 Å². The van der Waals surface area contributed by atoms with Gasteiger partial charge in [0, 0.05) is 44.6 Å². The molecule has 26 heavy (non-hydrogen) atoms. The van der Waals surface area contributed by atoms with Crippen molar-refractivity contribution in [2.45, 2.75) is 44.7 Å². The number of anilines is 1. The van der Waals surface area contributed by atoms with E-state index in [2.05, 4.69) is 22.1 Å². The van der Waals surface area contributed by atoms with Crippen LogP contribution in [0.15, 0.2) is 41.5 Å². The van der Waals surface area contributed by atoms with Crippen LogP contribution in [-0.2, 0) is 13.5 Å². The zero-order valence-corrected chi connectivity index (χ0v) is 15.5. The molecule has 1 saturated heterocycles. The molecule has 2 atom stereocenters. The van der Waals surface area contributed by atoms with Gasteiger partial charge in [-0.05, 0) is 44.2 Å². The van der Waals surface area contributed by atoms with E-state index in [0.29, 0.717) is 11.9 Å². The van der Waals surface area contributed by atoms with Gasteiger partial charge in [-0.25, -0.2) is 9.37 Å². The van der Waals surface area contributed by atoms with Gasteiger partial charge in [-0.2, -0.15) is 0 Å². The Balaban J connectivity index is 1.55. The number of halogens is 1. The van der Waals surface area contributed by atoms with Crippen LogP contribution in [0.25, 0.3) is 0 Å². The van der Waals surface area contributed by atoms with Gasteiger partial charge in [0.05, 0.1) is 0 Å². The second-order valence-corrected chi connectivity index (χ2v) is 7.15. The Morgan fingerprint density at radius 2 is 2.19 bits per heavy atom. The maximum Gasteiger partial charge on any atom is 0.293 e. The Bertz CT molecular complexity index is 791. The number of aromatic nitrogens is 2. The average molecular weight is 358 g/mol. The molecule has 5 nitrogen and oxygen atoms in total. The number of rotatable bonds is 6. The first-order valence-electron chi connectivity index (χ1n) is 9.30. The molecule has 3 rings (SSSR count). The number of piperidine rings is 1. The molecule has 0 aliphatic carbocycles. The van der Waals surface area contributed by atoms with Crippen LogP contribution in [0.4, 0.5) is 10.2 Å². The maximum atomic E-state index is 13.7. The van der Waals surface area contributed by atoms with Crippen LogP contribution in [0.5, 0.6) is 0 Å². The zero-order valence-electron chi connectivity index (χ0n) is 15.5. The van der Waals surface area contributed by atoms with E-state index in [-0.39, 0.29) is 17.4 Å². The van der Waals surface area contributed by atoms with E-state index in [4.69, 9.17) is 0 Å². The highest BCUT2D eigenvalue weighted by molar-refractivity contribution is 5.36. The molecule has 1 aliphatic rings. The van der Waals surface area contributed by atoms with E-state index < -0.39 is 0 Å². The fourth-order valence-electron chi connectivity index (χ4n) is 3.57. The Morgan fingerprint density at radius 3 is 3.00 bits per heavy atom. The number of nitrogens with zero attached hydrogens (tertiary/aromatic N) is 3. The molecule has 0 spiro atoms. The number of hydrogen-bond donors (Lipinski definition) is 1. The van der Waals surface area contributed by atoms with E-state index >= 15 is 0 Å². The van der Waals surface area contributed by atoms with Crippen molar-refractivity contribution in [2.75, 3.05) is 18.0 Å². The largest absolute Gasteiger partial charge is 0.350 e. The molecule has 1 aromatic heterocycles. The van der Waals surface area contributed by atoms with Crippen molar-refractivity contribution in [3.63, 3.8) is 0 Å². The van der Waals surface area contributed by atoms with Gasteiger partial charge < -0.3 is 14.8 Å². The van der Waals surface area contributed by atoms with Gasteiger partial charge in [-0.15, -0.1) is 0 Å². The van der Waals surface area contributed by atoms with Crippen molar-refractivity contribution in [1.29, 1.82) is 0 Å². The highest BCUT2D eigenvalue weighted by Gasteiger charge is 2.23. The Kier molecular flexibility index (Phi) is 6.04. The topological polar surface area (TPSA) is 50.2 Å². The zero-order chi connectivity index (χ0) is 18.5.